The van der Waals surface area contributed by atoms with Crippen LogP contribution in [0, 0.1) is 0 Å². The van der Waals surface area contributed by atoms with Gasteiger partial charge >= 0.3 is 6.18 Å². The molecule has 0 saturated carbocycles. The van der Waals surface area contributed by atoms with Crippen molar-refractivity contribution in [2.24, 2.45) is 5.73 Å². The number of nitrogens with zero attached hydrogens (tertiary/aromatic N) is 2. The van der Waals surface area contributed by atoms with Crippen LogP contribution in [0.1, 0.15) is 42.2 Å². The Morgan fingerprint density at radius 2 is 2.10 bits per heavy atom. The zero-order chi connectivity index (χ0) is 14.8. The summed E-state index contributed by atoms with van der Waals surface area (Å²) in [5, 5.41) is 3.72. The van der Waals surface area contributed by atoms with Crippen LogP contribution in [0.25, 0.3) is 0 Å². The van der Waals surface area contributed by atoms with Gasteiger partial charge in [-0.3, -0.25) is 0 Å². The standard InChI is InChI=1S/C13H14F3N3O/c1-2-10(17)12-18-11(19-20-12)7-8-4-3-5-9(6-8)13(14,15)16/h3-6,10H,2,7,17H2,1H3/t10-/m0/s1. The van der Waals surface area contributed by atoms with Gasteiger partial charge in [0.25, 0.3) is 0 Å². The number of alkyl halides is 3. The fourth-order valence-corrected chi connectivity index (χ4v) is 1.70. The molecule has 0 radical (unpaired) electrons. The van der Waals surface area contributed by atoms with Crippen LogP contribution < -0.4 is 5.73 Å². The first-order chi connectivity index (χ1) is 9.40. The van der Waals surface area contributed by atoms with Gasteiger partial charge in [0.05, 0.1) is 11.6 Å². The molecule has 0 unspecified atom stereocenters. The van der Waals surface area contributed by atoms with Gasteiger partial charge in [0.1, 0.15) is 0 Å². The molecule has 108 valence electrons. The number of nitrogens with two attached hydrogens (primary N) is 1. The van der Waals surface area contributed by atoms with Gasteiger partial charge in [-0.2, -0.15) is 18.2 Å². The number of hydrogen-bond donors (Lipinski definition) is 1. The molecule has 1 heterocycles. The molecule has 4 nitrogen and oxygen atoms in total. The molecule has 1 atom stereocenters. The fraction of sp³-hybridized carbons (Fsp3) is 0.385. The predicted octanol–water partition coefficient (Wildman–Crippen LogP) is 3.09. The lowest BCUT2D eigenvalue weighted by Gasteiger charge is -2.07. The van der Waals surface area contributed by atoms with E-state index in [4.69, 9.17) is 10.3 Å². The Kier molecular flexibility index (Phi) is 4.08. The maximum Gasteiger partial charge on any atom is 0.416 e. The monoisotopic (exact) mass is 285 g/mol. The van der Waals surface area contributed by atoms with Crippen LogP contribution in [0.15, 0.2) is 28.8 Å². The summed E-state index contributed by atoms with van der Waals surface area (Å²) >= 11 is 0. The van der Waals surface area contributed by atoms with Crippen LogP contribution in [0.4, 0.5) is 13.2 Å². The molecule has 7 heteroatoms. The van der Waals surface area contributed by atoms with Crippen LogP contribution in [-0.4, -0.2) is 10.1 Å². The number of halogens is 3. The molecule has 2 rings (SSSR count). The van der Waals surface area contributed by atoms with Gasteiger partial charge in [-0.1, -0.05) is 30.3 Å². The average Bonchev–Trinajstić information content (AvgIpc) is 2.85. The molecule has 0 spiro atoms. The average molecular weight is 285 g/mol. The molecule has 1 aromatic heterocycles. The van der Waals surface area contributed by atoms with Crippen LogP contribution in [0.2, 0.25) is 0 Å². The molecule has 2 N–H and O–H groups in total. The topological polar surface area (TPSA) is 64.9 Å². The third kappa shape index (κ3) is 3.36. The van der Waals surface area contributed by atoms with Gasteiger partial charge in [0.2, 0.25) is 5.89 Å². The molecule has 0 aliphatic carbocycles. The van der Waals surface area contributed by atoms with Gasteiger partial charge in [-0.15, -0.1) is 0 Å². The molecule has 0 aliphatic heterocycles. The lowest BCUT2D eigenvalue weighted by molar-refractivity contribution is -0.137. The van der Waals surface area contributed by atoms with E-state index < -0.39 is 11.7 Å². The first-order valence-corrected chi connectivity index (χ1v) is 6.14. The highest BCUT2D eigenvalue weighted by Crippen LogP contribution is 2.29. The second-order valence-corrected chi connectivity index (χ2v) is 4.44. The van der Waals surface area contributed by atoms with E-state index in [9.17, 15) is 13.2 Å². The van der Waals surface area contributed by atoms with Crippen LogP contribution >= 0.6 is 0 Å². The van der Waals surface area contributed by atoms with E-state index in [-0.39, 0.29) is 12.5 Å². The van der Waals surface area contributed by atoms with Gasteiger partial charge in [-0.25, -0.2) is 0 Å². The molecule has 0 aliphatic rings. The summed E-state index contributed by atoms with van der Waals surface area (Å²) in [5.74, 6) is 0.623. The molecule has 2 aromatic rings. The maximum absolute atomic E-state index is 12.6. The van der Waals surface area contributed by atoms with Gasteiger partial charge < -0.3 is 10.3 Å². The third-order valence-corrected chi connectivity index (χ3v) is 2.86. The van der Waals surface area contributed by atoms with Crippen molar-refractivity contribution >= 4 is 0 Å². The maximum atomic E-state index is 12.6. The van der Waals surface area contributed by atoms with Crippen LogP contribution in [0.3, 0.4) is 0 Å². The lowest BCUT2D eigenvalue weighted by Crippen LogP contribution is -2.09. The van der Waals surface area contributed by atoms with Crippen LogP contribution in [-0.2, 0) is 12.6 Å². The Balaban J connectivity index is 2.16. The minimum atomic E-state index is -4.36. The Hall–Kier alpha value is -1.89. The van der Waals surface area contributed by atoms with Crippen molar-refractivity contribution in [2.75, 3.05) is 0 Å². The molecule has 0 saturated heterocycles. The van der Waals surface area contributed by atoms with Crippen molar-refractivity contribution in [2.45, 2.75) is 32.0 Å². The highest BCUT2D eigenvalue weighted by Gasteiger charge is 2.30. The molecule has 0 fully saturated rings. The largest absolute Gasteiger partial charge is 0.416 e. The normalized spacial score (nSPS) is 13.4. The summed E-state index contributed by atoms with van der Waals surface area (Å²) in [5.41, 5.74) is 5.52. The second-order valence-electron chi connectivity index (χ2n) is 4.44. The number of benzene rings is 1. The van der Waals surface area contributed by atoms with Gasteiger partial charge in [0.15, 0.2) is 5.82 Å². The minimum absolute atomic E-state index is 0.170. The van der Waals surface area contributed by atoms with E-state index in [2.05, 4.69) is 10.1 Å². The van der Waals surface area contributed by atoms with E-state index in [1.807, 2.05) is 6.92 Å². The zero-order valence-corrected chi connectivity index (χ0v) is 10.8. The fourth-order valence-electron chi connectivity index (χ4n) is 1.70. The molecule has 1 aromatic carbocycles. The van der Waals surface area contributed by atoms with Gasteiger partial charge in [-0.05, 0) is 18.1 Å². The summed E-state index contributed by atoms with van der Waals surface area (Å²) in [4.78, 5) is 4.08. The number of aromatic nitrogens is 2. The highest BCUT2D eigenvalue weighted by molar-refractivity contribution is 5.27. The van der Waals surface area contributed by atoms with E-state index in [0.717, 1.165) is 12.1 Å². The first kappa shape index (κ1) is 14.5. The summed E-state index contributed by atoms with van der Waals surface area (Å²) in [7, 11) is 0. The first-order valence-electron chi connectivity index (χ1n) is 6.14. The summed E-state index contributed by atoms with van der Waals surface area (Å²) in [6.45, 7) is 1.88. The van der Waals surface area contributed by atoms with Crippen molar-refractivity contribution in [3.63, 3.8) is 0 Å². The van der Waals surface area contributed by atoms with Crippen molar-refractivity contribution in [3.05, 3.63) is 47.1 Å². The molecular weight excluding hydrogens is 271 g/mol. The number of hydrogen-bond acceptors (Lipinski definition) is 4. The third-order valence-electron chi connectivity index (χ3n) is 2.86. The van der Waals surface area contributed by atoms with Crippen molar-refractivity contribution in [1.29, 1.82) is 0 Å². The molecular formula is C13H14F3N3O. The molecule has 0 bridgehead atoms. The smallest absolute Gasteiger partial charge is 0.338 e. The van der Waals surface area contributed by atoms with Crippen LogP contribution in [0.5, 0.6) is 0 Å². The van der Waals surface area contributed by atoms with Crippen molar-refractivity contribution in [1.82, 2.24) is 10.1 Å². The predicted molar refractivity (Wildman–Crippen MR) is 65.8 cm³/mol. The summed E-state index contributed by atoms with van der Waals surface area (Å²) in [6, 6.07) is 4.70. The van der Waals surface area contributed by atoms with Crippen molar-refractivity contribution < 1.29 is 17.7 Å². The van der Waals surface area contributed by atoms with E-state index in [0.29, 0.717) is 23.7 Å². The van der Waals surface area contributed by atoms with E-state index >= 15 is 0 Å². The van der Waals surface area contributed by atoms with Gasteiger partial charge in [0, 0.05) is 6.42 Å². The zero-order valence-electron chi connectivity index (χ0n) is 10.8. The van der Waals surface area contributed by atoms with E-state index in [1.54, 1.807) is 6.07 Å². The Morgan fingerprint density at radius 3 is 2.75 bits per heavy atom. The highest BCUT2D eigenvalue weighted by atomic mass is 19.4. The Bertz CT molecular complexity index is 580. The Labute approximate surface area is 113 Å². The molecule has 0 amide bonds. The number of rotatable bonds is 4. The van der Waals surface area contributed by atoms with E-state index in [1.165, 1.54) is 6.07 Å². The summed E-state index contributed by atoms with van der Waals surface area (Å²) < 4.78 is 42.8. The van der Waals surface area contributed by atoms with Crippen molar-refractivity contribution in [3.8, 4) is 0 Å². The second kappa shape index (κ2) is 5.62. The minimum Gasteiger partial charge on any atom is -0.338 e. The molecule has 20 heavy (non-hydrogen) atoms. The quantitative estimate of drug-likeness (QED) is 0.937. The summed E-state index contributed by atoms with van der Waals surface area (Å²) in [6.07, 6.45) is -3.54. The SMILES string of the molecule is CC[C@H](N)c1nc(Cc2cccc(C(F)(F)F)c2)no1. The lowest BCUT2D eigenvalue weighted by atomic mass is 10.1. The Morgan fingerprint density at radius 1 is 1.35 bits per heavy atom.